The second-order valence-electron chi connectivity index (χ2n) is 7.41. The molecule has 0 radical (unpaired) electrons. The number of thioether (sulfide) groups is 1. The molecule has 0 unspecified atom stereocenters. The molecule has 0 fully saturated rings. The van der Waals surface area contributed by atoms with Crippen molar-refractivity contribution in [2.24, 2.45) is 0 Å². The van der Waals surface area contributed by atoms with Gasteiger partial charge in [0.1, 0.15) is 21.5 Å². The number of aryl methyl sites for hydroxylation is 6. The summed E-state index contributed by atoms with van der Waals surface area (Å²) in [5.74, 6) is 1.75. The van der Waals surface area contributed by atoms with E-state index in [1.165, 1.54) is 22.2 Å². The van der Waals surface area contributed by atoms with E-state index in [0.29, 0.717) is 17.6 Å². The molecule has 10 heteroatoms. The predicted molar refractivity (Wildman–Crippen MR) is 124 cm³/mol. The number of nitrogens with one attached hydrogen (secondary N) is 1. The summed E-state index contributed by atoms with van der Waals surface area (Å²) in [6.45, 7) is 11.7. The number of rotatable bonds is 5. The van der Waals surface area contributed by atoms with E-state index >= 15 is 0 Å². The van der Waals surface area contributed by atoms with Crippen LogP contribution >= 0.6 is 23.1 Å². The van der Waals surface area contributed by atoms with Crippen LogP contribution in [0.5, 0.6) is 0 Å². The lowest BCUT2D eigenvalue weighted by atomic mass is 10.2. The van der Waals surface area contributed by atoms with Crippen molar-refractivity contribution in [1.82, 2.24) is 29.7 Å². The van der Waals surface area contributed by atoms with Crippen LogP contribution in [0.15, 0.2) is 17.2 Å². The minimum absolute atomic E-state index is 0.149. The Labute approximate surface area is 188 Å². The van der Waals surface area contributed by atoms with Gasteiger partial charge in [0.05, 0.1) is 11.4 Å². The van der Waals surface area contributed by atoms with Crippen LogP contribution < -0.4 is 5.32 Å². The molecule has 4 aromatic heterocycles. The molecule has 0 bridgehead atoms. The van der Waals surface area contributed by atoms with Crippen molar-refractivity contribution in [3.8, 4) is 5.95 Å². The van der Waals surface area contributed by atoms with Crippen LogP contribution in [-0.2, 0) is 4.79 Å². The Bertz CT molecular complexity index is 1290. The van der Waals surface area contributed by atoms with Crippen LogP contribution in [0, 0.1) is 41.5 Å². The molecule has 4 rings (SSSR count). The van der Waals surface area contributed by atoms with Crippen molar-refractivity contribution in [3.63, 3.8) is 0 Å². The molecule has 0 saturated heterocycles. The van der Waals surface area contributed by atoms with E-state index < -0.39 is 0 Å². The van der Waals surface area contributed by atoms with Gasteiger partial charge in [-0.3, -0.25) is 4.79 Å². The maximum absolute atomic E-state index is 12.8. The van der Waals surface area contributed by atoms with Crippen LogP contribution in [-0.4, -0.2) is 41.4 Å². The zero-order chi connectivity index (χ0) is 22.3. The molecule has 1 amide bonds. The molecule has 8 nitrogen and oxygen atoms in total. The number of carbonyl (C=O) groups excluding carboxylic acids is 1. The number of anilines is 1. The molecule has 0 aromatic carbocycles. The Morgan fingerprint density at radius 2 is 1.71 bits per heavy atom. The van der Waals surface area contributed by atoms with E-state index in [1.54, 1.807) is 16.0 Å². The minimum atomic E-state index is -0.149. The molecule has 0 aliphatic carbocycles. The fraction of sp³-hybridized carbons (Fsp3) is 0.333. The Morgan fingerprint density at radius 1 is 1.00 bits per heavy atom. The Morgan fingerprint density at radius 3 is 2.42 bits per heavy atom. The van der Waals surface area contributed by atoms with Gasteiger partial charge in [-0.25, -0.2) is 19.9 Å². The van der Waals surface area contributed by atoms with E-state index in [0.717, 1.165) is 32.3 Å². The molecular formula is C21H23N7OS2. The maximum Gasteiger partial charge on any atom is 0.252 e. The van der Waals surface area contributed by atoms with Gasteiger partial charge >= 0.3 is 0 Å². The highest BCUT2D eigenvalue weighted by Gasteiger charge is 2.17. The topological polar surface area (TPSA) is 98.5 Å². The largest absolute Gasteiger partial charge is 0.310 e. The Balaban J connectivity index is 1.55. The van der Waals surface area contributed by atoms with Gasteiger partial charge in [0.15, 0.2) is 0 Å². The van der Waals surface area contributed by atoms with Gasteiger partial charge in [-0.05, 0) is 53.2 Å². The number of carbonyl (C=O) groups is 1. The lowest BCUT2D eigenvalue weighted by molar-refractivity contribution is -0.113. The second kappa shape index (κ2) is 8.35. The number of aromatic nitrogens is 6. The molecule has 160 valence electrons. The number of hydrogen-bond acceptors (Lipinski definition) is 8. The third kappa shape index (κ3) is 4.45. The van der Waals surface area contributed by atoms with E-state index in [9.17, 15) is 4.79 Å². The van der Waals surface area contributed by atoms with Gasteiger partial charge in [-0.15, -0.1) is 11.3 Å². The molecule has 31 heavy (non-hydrogen) atoms. The molecule has 0 saturated carbocycles. The first-order valence-electron chi connectivity index (χ1n) is 9.77. The van der Waals surface area contributed by atoms with Crippen molar-refractivity contribution < 1.29 is 4.79 Å². The Hall–Kier alpha value is -2.85. The van der Waals surface area contributed by atoms with Crippen LogP contribution in [0.2, 0.25) is 0 Å². The lowest BCUT2D eigenvalue weighted by Crippen LogP contribution is -2.18. The average molecular weight is 454 g/mol. The summed E-state index contributed by atoms with van der Waals surface area (Å²) in [6.07, 6.45) is 0. The monoisotopic (exact) mass is 453 g/mol. The highest BCUT2D eigenvalue weighted by atomic mass is 32.2. The van der Waals surface area contributed by atoms with Crippen molar-refractivity contribution >= 4 is 45.0 Å². The van der Waals surface area contributed by atoms with Gasteiger partial charge in [0.25, 0.3) is 5.95 Å². The average Bonchev–Trinajstić information content (AvgIpc) is 3.18. The SMILES string of the molecule is Cc1cc(C)nc(-n2nc(C)cc2NC(=O)CSc2nc(C)nc3sc(C)c(C)c23)n1. The zero-order valence-corrected chi connectivity index (χ0v) is 19.9. The van der Waals surface area contributed by atoms with Crippen LogP contribution in [0.4, 0.5) is 5.82 Å². The summed E-state index contributed by atoms with van der Waals surface area (Å²) in [5.41, 5.74) is 3.62. The molecule has 1 N–H and O–H groups in total. The van der Waals surface area contributed by atoms with Gasteiger partial charge < -0.3 is 5.32 Å². The fourth-order valence-electron chi connectivity index (χ4n) is 3.27. The van der Waals surface area contributed by atoms with Crippen LogP contribution in [0.3, 0.4) is 0 Å². The van der Waals surface area contributed by atoms with Crippen LogP contribution in [0.1, 0.15) is 33.3 Å². The molecule has 4 heterocycles. The van der Waals surface area contributed by atoms with Crippen molar-refractivity contribution in [2.75, 3.05) is 11.1 Å². The smallest absolute Gasteiger partial charge is 0.252 e. The van der Waals surface area contributed by atoms with Crippen molar-refractivity contribution in [2.45, 2.75) is 46.6 Å². The predicted octanol–water partition coefficient (Wildman–Crippen LogP) is 4.25. The van der Waals surface area contributed by atoms with E-state index in [4.69, 9.17) is 0 Å². The van der Waals surface area contributed by atoms with Crippen molar-refractivity contribution in [3.05, 3.63) is 45.5 Å². The van der Waals surface area contributed by atoms with Gasteiger partial charge in [0.2, 0.25) is 5.91 Å². The highest BCUT2D eigenvalue weighted by molar-refractivity contribution is 8.00. The first kappa shape index (κ1) is 21.4. The molecule has 0 atom stereocenters. The minimum Gasteiger partial charge on any atom is -0.310 e. The summed E-state index contributed by atoms with van der Waals surface area (Å²) in [7, 11) is 0. The normalized spacial score (nSPS) is 11.3. The third-order valence-electron chi connectivity index (χ3n) is 4.71. The van der Waals surface area contributed by atoms with Gasteiger partial charge in [-0.1, -0.05) is 11.8 Å². The van der Waals surface area contributed by atoms with E-state index in [-0.39, 0.29) is 11.7 Å². The van der Waals surface area contributed by atoms with E-state index in [1.807, 2.05) is 39.8 Å². The Kier molecular flexibility index (Phi) is 5.76. The zero-order valence-electron chi connectivity index (χ0n) is 18.3. The number of thiophene rings is 1. The first-order chi connectivity index (χ1) is 14.7. The molecular weight excluding hydrogens is 430 g/mol. The quantitative estimate of drug-likeness (QED) is 0.356. The molecule has 4 aromatic rings. The lowest BCUT2D eigenvalue weighted by Gasteiger charge is -2.09. The number of hydrogen-bond donors (Lipinski definition) is 1. The van der Waals surface area contributed by atoms with Crippen molar-refractivity contribution in [1.29, 1.82) is 0 Å². The van der Waals surface area contributed by atoms with Gasteiger partial charge in [-0.2, -0.15) is 9.78 Å². The standard InChI is InChI=1S/C21H23N7OS2/c1-10-7-11(2)23-21(22-10)28-16(8-12(3)27-28)26-17(29)9-30-19-18-13(4)14(5)31-20(18)25-15(6)24-19/h7-8H,9H2,1-6H3,(H,26,29). The number of nitrogens with zero attached hydrogens (tertiary/aromatic N) is 6. The number of amides is 1. The maximum atomic E-state index is 12.8. The summed E-state index contributed by atoms with van der Waals surface area (Å²) < 4.78 is 1.57. The van der Waals surface area contributed by atoms with Crippen LogP contribution in [0.25, 0.3) is 16.2 Å². The molecule has 0 aliphatic heterocycles. The molecule has 0 spiro atoms. The summed E-state index contributed by atoms with van der Waals surface area (Å²) in [4.78, 5) is 33.0. The first-order valence-corrected chi connectivity index (χ1v) is 11.6. The highest BCUT2D eigenvalue weighted by Crippen LogP contribution is 2.35. The second-order valence-corrected chi connectivity index (χ2v) is 9.58. The van der Waals surface area contributed by atoms with Gasteiger partial charge in [0, 0.05) is 27.7 Å². The fourth-order valence-corrected chi connectivity index (χ4v) is 5.34. The third-order valence-corrected chi connectivity index (χ3v) is 6.78. The summed E-state index contributed by atoms with van der Waals surface area (Å²) >= 11 is 3.07. The van der Waals surface area contributed by atoms with E-state index in [2.05, 4.69) is 44.2 Å². The summed E-state index contributed by atoms with van der Waals surface area (Å²) in [5, 5.41) is 9.27. The summed E-state index contributed by atoms with van der Waals surface area (Å²) in [6, 6.07) is 3.70. The number of fused-ring (bicyclic) bond motifs is 1. The molecule has 0 aliphatic rings.